The van der Waals surface area contributed by atoms with Gasteiger partial charge in [-0.3, -0.25) is 4.79 Å². The molecule has 0 spiro atoms. The number of hydrogen-bond donors (Lipinski definition) is 1. The van der Waals surface area contributed by atoms with Crippen molar-refractivity contribution in [2.24, 2.45) is 0 Å². The number of carbonyl (C=O) groups excluding carboxylic acids is 1. The molecule has 2 N–H and O–H groups in total. The normalized spacial score (nSPS) is 15.3. The van der Waals surface area contributed by atoms with Crippen molar-refractivity contribution in [2.45, 2.75) is 25.4 Å². The molecule has 0 bridgehead atoms. The minimum absolute atomic E-state index is 0.0306. The number of nitrogens with zero attached hydrogens (tertiary/aromatic N) is 4. The van der Waals surface area contributed by atoms with Crippen molar-refractivity contribution in [3.05, 3.63) is 4.73 Å². The molecule has 1 aromatic heterocycles. The first-order valence-electron chi connectivity index (χ1n) is 4.69. The van der Waals surface area contributed by atoms with Crippen molar-refractivity contribution in [2.75, 3.05) is 12.8 Å². The van der Waals surface area contributed by atoms with Crippen molar-refractivity contribution < 1.29 is 4.79 Å². The van der Waals surface area contributed by atoms with Crippen LogP contribution in [-0.2, 0) is 11.3 Å². The molecule has 1 heterocycles. The molecule has 1 aliphatic rings. The summed E-state index contributed by atoms with van der Waals surface area (Å²) in [6.45, 7) is 0.178. The Morgan fingerprint density at radius 2 is 2.40 bits per heavy atom. The van der Waals surface area contributed by atoms with Gasteiger partial charge in [0.2, 0.25) is 11.9 Å². The highest BCUT2D eigenvalue weighted by Gasteiger charge is 2.29. The van der Waals surface area contributed by atoms with Crippen molar-refractivity contribution in [1.82, 2.24) is 19.7 Å². The zero-order chi connectivity index (χ0) is 11.0. The number of anilines is 1. The Bertz CT molecular complexity index is 386. The number of amides is 1. The van der Waals surface area contributed by atoms with Crippen molar-refractivity contribution >= 4 is 27.8 Å². The van der Waals surface area contributed by atoms with Gasteiger partial charge >= 0.3 is 0 Å². The zero-order valence-electron chi connectivity index (χ0n) is 8.35. The predicted octanol–water partition coefficient (Wildman–Crippen LogP) is 0.244. The second-order valence-corrected chi connectivity index (χ2v) is 4.34. The maximum atomic E-state index is 11.7. The molecule has 1 amide bonds. The maximum Gasteiger partial charge on any atom is 0.244 e. The molecule has 0 aromatic carbocycles. The number of aromatic nitrogens is 3. The van der Waals surface area contributed by atoms with E-state index in [1.807, 2.05) is 7.05 Å². The van der Waals surface area contributed by atoms with E-state index in [-0.39, 0.29) is 18.4 Å². The summed E-state index contributed by atoms with van der Waals surface area (Å²) in [4.78, 5) is 17.3. The number of nitrogen functional groups attached to an aromatic ring is 1. The van der Waals surface area contributed by atoms with Crippen LogP contribution >= 0.6 is 15.9 Å². The summed E-state index contributed by atoms with van der Waals surface area (Å²) in [7, 11) is 1.81. The second kappa shape index (κ2) is 3.80. The lowest BCUT2D eigenvalue weighted by Crippen LogP contribution is -2.32. The Labute approximate surface area is 95.6 Å². The monoisotopic (exact) mass is 273 g/mol. The summed E-state index contributed by atoms with van der Waals surface area (Å²) >= 11 is 3.19. The number of halogens is 1. The third kappa shape index (κ3) is 2.28. The quantitative estimate of drug-likeness (QED) is 0.856. The van der Waals surface area contributed by atoms with Gasteiger partial charge in [-0.15, -0.1) is 5.10 Å². The van der Waals surface area contributed by atoms with Gasteiger partial charge in [0.25, 0.3) is 0 Å². The average Bonchev–Trinajstić information content (AvgIpc) is 2.94. The molecule has 0 aliphatic heterocycles. The predicted molar refractivity (Wildman–Crippen MR) is 57.9 cm³/mol. The number of carbonyl (C=O) groups is 1. The van der Waals surface area contributed by atoms with Crippen LogP contribution in [0.1, 0.15) is 12.8 Å². The molecule has 0 atom stereocenters. The van der Waals surface area contributed by atoms with Gasteiger partial charge in [-0.2, -0.15) is 4.98 Å². The highest BCUT2D eigenvalue weighted by molar-refractivity contribution is 9.10. The van der Waals surface area contributed by atoms with Gasteiger partial charge in [0.15, 0.2) is 4.73 Å². The molecular formula is C8H12BrN5O. The summed E-state index contributed by atoms with van der Waals surface area (Å²) in [6.07, 6.45) is 2.20. The standard InChI is InChI=1S/C8H12BrN5O/c1-13(5-2-3-5)6(15)4-14-7(9)11-8(10)12-14/h5H,2-4H2,1H3,(H2,10,12). The van der Waals surface area contributed by atoms with Crippen LogP contribution in [0.25, 0.3) is 0 Å². The van der Waals surface area contributed by atoms with Crippen LogP contribution in [-0.4, -0.2) is 38.7 Å². The highest BCUT2D eigenvalue weighted by Crippen LogP contribution is 2.25. The molecule has 1 saturated carbocycles. The first kappa shape index (κ1) is 10.4. The summed E-state index contributed by atoms with van der Waals surface area (Å²) in [6, 6.07) is 0.414. The highest BCUT2D eigenvalue weighted by atomic mass is 79.9. The second-order valence-electron chi connectivity index (χ2n) is 3.63. The van der Waals surface area contributed by atoms with E-state index in [0.29, 0.717) is 10.8 Å². The summed E-state index contributed by atoms with van der Waals surface area (Å²) in [5.74, 6) is 0.201. The first-order chi connectivity index (χ1) is 7.08. The van der Waals surface area contributed by atoms with E-state index in [1.165, 1.54) is 4.68 Å². The van der Waals surface area contributed by atoms with Gasteiger partial charge in [-0.1, -0.05) is 0 Å². The third-order valence-corrected chi connectivity index (χ3v) is 3.00. The van der Waals surface area contributed by atoms with Gasteiger partial charge in [0.1, 0.15) is 6.54 Å². The fourth-order valence-electron chi connectivity index (χ4n) is 1.35. The molecule has 0 saturated heterocycles. The van der Waals surface area contributed by atoms with Gasteiger partial charge in [0.05, 0.1) is 0 Å². The summed E-state index contributed by atoms with van der Waals surface area (Å²) in [5.41, 5.74) is 5.41. The molecule has 1 aliphatic carbocycles. The SMILES string of the molecule is CN(C(=O)Cn1nc(N)nc1Br)C1CC1. The number of nitrogens with two attached hydrogens (primary N) is 1. The van der Waals surface area contributed by atoms with E-state index in [9.17, 15) is 4.79 Å². The van der Waals surface area contributed by atoms with Crippen LogP contribution in [0.4, 0.5) is 5.95 Å². The molecule has 6 nitrogen and oxygen atoms in total. The Hall–Kier alpha value is -1.11. The topological polar surface area (TPSA) is 77.0 Å². The van der Waals surface area contributed by atoms with Crippen molar-refractivity contribution in [3.8, 4) is 0 Å². The number of hydrogen-bond acceptors (Lipinski definition) is 4. The van der Waals surface area contributed by atoms with Gasteiger partial charge < -0.3 is 10.6 Å². The maximum absolute atomic E-state index is 11.7. The van der Waals surface area contributed by atoms with Crippen LogP contribution in [0.15, 0.2) is 4.73 Å². The molecule has 0 unspecified atom stereocenters. The molecule has 0 radical (unpaired) electrons. The van der Waals surface area contributed by atoms with E-state index in [1.54, 1.807) is 4.90 Å². The van der Waals surface area contributed by atoms with E-state index in [2.05, 4.69) is 26.0 Å². The smallest absolute Gasteiger partial charge is 0.244 e. The molecular weight excluding hydrogens is 262 g/mol. The fourth-order valence-corrected chi connectivity index (χ4v) is 1.73. The summed E-state index contributed by atoms with van der Waals surface area (Å²) < 4.78 is 1.94. The molecule has 1 aromatic rings. The van der Waals surface area contributed by atoms with Crippen molar-refractivity contribution in [1.29, 1.82) is 0 Å². The van der Waals surface area contributed by atoms with Crippen LogP contribution in [0.2, 0.25) is 0 Å². The Balaban J connectivity index is 2.01. The minimum atomic E-state index is 0.0306. The van der Waals surface area contributed by atoms with Crippen LogP contribution < -0.4 is 5.73 Å². The Morgan fingerprint density at radius 3 is 2.87 bits per heavy atom. The van der Waals surface area contributed by atoms with E-state index >= 15 is 0 Å². The number of likely N-dealkylation sites (N-methyl/N-ethyl adjacent to an activating group) is 1. The lowest BCUT2D eigenvalue weighted by atomic mass is 10.5. The Kier molecular flexibility index (Phi) is 2.64. The first-order valence-corrected chi connectivity index (χ1v) is 5.48. The molecule has 7 heteroatoms. The van der Waals surface area contributed by atoms with Crippen LogP contribution in [0.5, 0.6) is 0 Å². The van der Waals surface area contributed by atoms with Crippen LogP contribution in [0, 0.1) is 0 Å². The lowest BCUT2D eigenvalue weighted by molar-refractivity contribution is -0.131. The van der Waals surface area contributed by atoms with Gasteiger partial charge in [-0.25, -0.2) is 4.68 Å². The fraction of sp³-hybridized carbons (Fsp3) is 0.625. The largest absolute Gasteiger partial charge is 0.366 e. The van der Waals surface area contributed by atoms with Gasteiger partial charge in [0, 0.05) is 13.1 Å². The van der Waals surface area contributed by atoms with E-state index < -0.39 is 0 Å². The molecule has 15 heavy (non-hydrogen) atoms. The van der Waals surface area contributed by atoms with Crippen LogP contribution in [0.3, 0.4) is 0 Å². The average molecular weight is 274 g/mol. The zero-order valence-corrected chi connectivity index (χ0v) is 9.94. The van der Waals surface area contributed by atoms with E-state index in [0.717, 1.165) is 12.8 Å². The summed E-state index contributed by atoms with van der Waals surface area (Å²) in [5, 5.41) is 3.90. The third-order valence-electron chi connectivity index (χ3n) is 2.42. The van der Waals surface area contributed by atoms with Gasteiger partial charge in [-0.05, 0) is 28.8 Å². The molecule has 2 rings (SSSR count). The Morgan fingerprint density at radius 1 is 1.73 bits per heavy atom. The number of rotatable bonds is 3. The van der Waals surface area contributed by atoms with Crippen molar-refractivity contribution in [3.63, 3.8) is 0 Å². The molecule has 82 valence electrons. The lowest BCUT2D eigenvalue weighted by Gasteiger charge is -2.15. The minimum Gasteiger partial charge on any atom is -0.366 e. The molecule has 1 fully saturated rings. The van der Waals surface area contributed by atoms with E-state index in [4.69, 9.17) is 5.73 Å².